The molecule has 1 heterocycles. The van der Waals surface area contributed by atoms with Crippen molar-refractivity contribution >= 4 is 21.6 Å². The van der Waals surface area contributed by atoms with Crippen LogP contribution in [0.5, 0.6) is 5.75 Å². The fourth-order valence-corrected chi connectivity index (χ4v) is 4.32. The van der Waals surface area contributed by atoms with E-state index in [-0.39, 0.29) is 17.3 Å². The molecule has 0 saturated carbocycles. The van der Waals surface area contributed by atoms with E-state index < -0.39 is 16.1 Å². The number of hydrogen-bond acceptors (Lipinski definition) is 5. The van der Waals surface area contributed by atoms with Crippen molar-refractivity contribution in [2.24, 2.45) is 0 Å². The first-order valence-electron chi connectivity index (χ1n) is 8.64. The lowest BCUT2D eigenvalue weighted by molar-refractivity contribution is -0.127. The Morgan fingerprint density at radius 3 is 2.63 bits per heavy atom. The van der Waals surface area contributed by atoms with Crippen LogP contribution < -0.4 is 14.4 Å². The zero-order valence-electron chi connectivity index (χ0n) is 15.0. The summed E-state index contributed by atoms with van der Waals surface area (Å²) >= 11 is 0. The molecule has 0 aromatic heterocycles. The SMILES string of the molecule is COCCCNC(=O)C1CN(S(=O)(=O)c2ccccc2)c2ccccc2O1. The van der Waals surface area contributed by atoms with Gasteiger partial charge in [-0.05, 0) is 30.7 Å². The number of anilines is 1. The molecule has 1 N–H and O–H groups in total. The molecule has 2 aromatic carbocycles. The summed E-state index contributed by atoms with van der Waals surface area (Å²) < 4.78 is 38.2. The lowest BCUT2D eigenvalue weighted by atomic mass is 10.2. The van der Waals surface area contributed by atoms with Crippen LogP contribution in [-0.4, -0.2) is 47.2 Å². The van der Waals surface area contributed by atoms with E-state index in [1.54, 1.807) is 49.6 Å². The topological polar surface area (TPSA) is 84.9 Å². The van der Waals surface area contributed by atoms with Gasteiger partial charge in [0.15, 0.2) is 6.10 Å². The van der Waals surface area contributed by atoms with Gasteiger partial charge in [-0.1, -0.05) is 30.3 Å². The van der Waals surface area contributed by atoms with Gasteiger partial charge in [0, 0.05) is 20.3 Å². The van der Waals surface area contributed by atoms with E-state index >= 15 is 0 Å². The highest BCUT2D eigenvalue weighted by Crippen LogP contribution is 2.36. The predicted molar refractivity (Wildman–Crippen MR) is 101 cm³/mol. The number of carbonyl (C=O) groups is 1. The first-order valence-corrected chi connectivity index (χ1v) is 10.1. The second-order valence-corrected chi connectivity index (χ2v) is 7.92. The van der Waals surface area contributed by atoms with E-state index in [0.29, 0.717) is 31.0 Å². The van der Waals surface area contributed by atoms with Crippen molar-refractivity contribution in [1.29, 1.82) is 0 Å². The number of nitrogens with zero attached hydrogens (tertiary/aromatic N) is 1. The van der Waals surface area contributed by atoms with E-state index in [2.05, 4.69) is 5.32 Å². The number of para-hydroxylation sites is 2. The predicted octanol–water partition coefficient (Wildman–Crippen LogP) is 1.80. The molecule has 1 aliphatic rings. The van der Waals surface area contributed by atoms with Gasteiger partial charge in [0.05, 0.1) is 17.1 Å². The Balaban J connectivity index is 1.86. The Morgan fingerprint density at radius 2 is 1.89 bits per heavy atom. The summed E-state index contributed by atoms with van der Waals surface area (Å²) in [6.07, 6.45) is -0.265. The smallest absolute Gasteiger partial charge is 0.264 e. The summed E-state index contributed by atoms with van der Waals surface area (Å²) in [5.74, 6) is 0.00849. The Hall–Kier alpha value is -2.58. The van der Waals surface area contributed by atoms with Gasteiger partial charge in [-0.15, -0.1) is 0 Å². The van der Waals surface area contributed by atoms with Crippen LogP contribution in [0.1, 0.15) is 6.42 Å². The van der Waals surface area contributed by atoms with Crippen molar-refractivity contribution in [3.05, 3.63) is 54.6 Å². The van der Waals surface area contributed by atoms with E-state index in [1.807, 2.05) is 0 Å². The number of hydrogen-bond donors (Lipinski definition) is 1. The van der Waals surface area contributed by atoms with Gasteiger partial charge in [-0.3, -0.25) is 9.10 Å². The van der Waals surface area contributed by atoms with Gasteiger partial charge in [-0.25, -0.2) is 8.42 Å². The van der Waals surface area contributed by atoms with Crippen LogP contribution in [0.4, 0.5) is 5.69 Å². The quantitative estimate of drug-likeness (QED) is 0.729. The number of rotatable bonds is 7. The summed E-state index contributed by atoms with van der Waals surface area (Å²) in [6.45, 7) is 0.868. The van der Waals surface area contributed by atoms with Crippen LogP contribution in [0.2, 0.25) is 0 Å². The summed E-state index contributed by atoms with van der Waals surface area (Å²) in [5.41, 5.74) is 0.421. The zero-order valence-corrected chi connectivity index (χ0v) is 15.8. The zero-order chi connectivity index (χ0) is 19.3. The fourth-order valence-electron chi connectivity index (χ4n) is 2.83. The average molecular weight is 390 g/mol. The summed E-state index contributed by atoms with van der Waals surface area (Å²) in [6, 6.07) is 15.0. The van der Waals surface area contributed by atoms with Gasteiger partial charge in [0.1, 0.15) is 5.75 Å². The second kappa shape index (κ2) is 8.41. The molecule has 0 spiro atoms. The molecule has 27 heavy (non-hydrogen) atoms. The van der Waals surface area contributed by atoms with Crippen molar-refractivity contribution in [1.82, 2.24) is 5.32 Å². The minimum Gasteiger partial charge on any atom is -0.476 e. The number of benzene rings is 2. The monoisotopic (exact) mass is 390 g/mol. The van der Waals surface area contributed by atoms with Crippen LogP contribution in [0.15, 0.2) is 59.5 Å². The molecule has 1 atom stereocenters. The maximum absolute atomic E-state index is 13.1. The molecule has 8 heteroatoms. The van der Waals surface area contributed by atoms with Crippen LogP contribution in [0.25, 0.3) is 0 Å². The minimum atomic E-state index is -3.82. The summed E-state index contributed by atoms with van der Waals surface area (Å²) in [4.78, 5) is 12.6. The Morgan fingerprint density at radius 1 is 1.19 bits per heavy atom. The molecule has 0 radical (unpaired) electrons. The van der Waals surface area contributed by atoms with Crippen molar-refractivity contribution in [3.63, 3.8) is 0 Å². The van der Waals surface area contributed by atoms with Gasteiger partial charge < -0.3 is 14.8 Å². The van der Waals surface area contributed by atoms with Crippen molar-refractivity contribution in [2.45, 2.75) is 17.4 Å². The van der Waals surface area contributed by atoms with Crippen molar-refractivity contribution in [2.75, 3.05) is 31.1 Å². The molecule has 0 fully saturated rings. The standard InChI is InChI=1S/C19H22N2O5S/c1-25-13-7-12-20-19(22)18-14-21(16-10-5-6-11-17(16)26-18)27(23,24)15-8-3-2-4-9-15/h2-6,8-11,18H,7,12-14H2,1H3,(H,20,22). The number of fused-ring (bicyclic) bond motifs is 1. The molecule has 1 aliphatic heterocycles. The molecular formula is C19H22N2O5S. The first kappa shape index (κ1) is 19.2. The van der Waals surface area contributed by atoms with Gasteiger partial charge in [0.2, 0.25) is 0 Å². The van der Waals surface area contributed by atoms with Crippen LogP contribution >= 0.6 is 0 Å². The highest BCUT2D eigenvalue weighted by molar-refractivity contribution is 7.92. The maximum atomic E-state index is 13.1. The molecule has 2 aromatic rings. The van der Waals surface area contributed by atoms with E-state index in [0.717, 1.165) is 0 Å². The minimum absolute atomic E-state index is 0.0929. The van der Waals surface area contributed by atoms with Gasteiger partial charge in [-0.2, -0.15) is 0 Å². The highest BCUT2D eigenvalue weighted by atomic mass is 32.2. The lowest BCUT2D eigenvalue weighted by Crippen LogP contribution is -2.50. The Labute approximate surface area is 158 Å². The third kappa shape index (κ3) is 4.23. The number of methoxy groups -OCH3 is 1. The van der Waals surface area contributed by atoms with E-state index in [4.69, 9.17) is 9.47 Å². The highest BCUT2D eigenvalue weighted by Gasteiger charge is 2.37. The molecule has 0 bridgehead atoms. The van der Waals surface area contributed by atoms with Gasteiger partial charge >= 0.3 is 0 Å². The second-order valence-electron chi connectivity index (χ2n) is 6.06. The number of ether oxygens (including phenoxy) is 2. The average Bonchev–Trinajstić information content (AvgIpc) is 2.70. The number of nitrogens with one attached hydrogen (secondary N) is 1. The summed E-state index contributed by atoms with van der Waals surface area (Å²) in [5, 5.41) is 2.76. The number of amides is 1. The van der Waals surface area contributed by atoms with Gasteiger partial charge in [0.25, 0.3) is 15.9 Å². The Bertz CT molecular complexity index is 886. The maximum Gasteiger partial charge on any atom is 0.264 e. The van der Waals surface area contributed by atoms with Crippen LogP contribution in [-0.2, 0) is 19.6 Å². The molecule has 0 aliphatic carbocycles. The fraction of sp³-hybridized carbons (Fsp3) is 0.316. The molecule has 0 saturated heterocycles. The van der Waals surface area contributed by atoms with Crippen LogP contribution in [0, 0.1) is 0 Å². The largest absolute Gasteiger partial charge is 0.476 e. The van der Waals surface area contributed by atoms with Crippen LogP contribution in [0.3, 0.4) is 0 Å². The molecule has 3 rings (SSSR count). The number of carbonyl (C=O) groups excluding carboxylic acids is 1. The first-order chi connectivity index (χ1) is 13.0. The lowest BCUT2D eigenvalue weighted by Gasteiger charge is -2.34. The van der Waals surface area contributed by atoms with Crippen molar-refractivity contribution < 1.29 is 22.7 Å². The molecule has 1 amide bonds. The molecule has 144 valence electrons. The number of sulfonamides is 1. The Kier molecular flexibility index (Phi) is 5.98. The third-order valence-electron chi connectivity index (χ3n) is 4.18. The third-order valence-corrected chi connectivity index (χ3v) is 5.98. The molecule has 7 nitrogen and oxygen atoms in total. The summed E-state index contributed by atoms with van der Waals surface area (Å²) in [7, 11) is -2.23. The van der Waals surface area contributed by atoms with Crippen molar-refractivity contribution in [3.8, 4) is 5.75 Å². The van der Waals surface area contributed by atoms with E-state index in [9.17, 15) is 13.2 Å². The van der Waals surface area contributed by atoms with E-state index in [1.165, 1.54) is 16.4 Å². The normalized spacial score (nSPS) is 16.3. The molecule has 1 unspecified atom stereocenters. The molecular weight excluding hydrogens is 368 g/mol.